The first-order chi connectivity index (χ1) is 13.1. The van der Waals surface area contributed by atoms with E-state index >= 15 is 0 Å². The zero-order chi connectivity index (χ0) is 19.0. The Morgan fingerprint density at radius 2 is 1.89 bits per heavy atom. The van der Waals surface area contributed by atoms with Crippen LogP contribution in [0.4, 0.5) is 5.95 Å². The summed E-state index contributed by atoms with van der Waals surface area (Å²) >= 11 is 0. The molecule has 0 fully saturated rings. The van der Waals surface area contributed by atoms with Gasteiger partial charge >= 0.3 is 0 Å². The molecule has 0 aliphatic heterocycles. The minimum absolute atomic E-state index is 0.169. The van der Waals surface area contributed by atoms with E-state index in [1.54, 1.807) is 10.9 Å². The maximum absolute atomic E-state index is 13.2. The van der Waals surface area contributed by atoms with Gasteiger partial charge in [0.25, 0.3) is 5.56 Å². The van der Waals surface area contributed by atoms with Crippen LogP contribution in [-0.2, 0) is 20.1 Å². The van der Waals surface area contributed by atoms with Gasteiger partial charge in [0.1, 0.15) is 5.82 Å². The van der Waals surface area contributed by atoms with E-state index in [9.17, 15) is 4.79 Å². The fourth-order valence-corrected chi connectivity index (χ4v) is 3.25. The maximum Gasteiger partial charge on any atom is 0.281 e. The Morgan fingerprint density at radius 3 is 2.56 bits per heavy atom. The van der Waals surface area contributed by atoms with E-state index < -0.39 is 0 Å². The topological polar surface area (TPSA) is 96.6 Å². The number of anilines is 1. The number of hydrogen-bond acceptors (Lipinski definition) is 5. The van der Waals surface area contributed by atoms with Crippen LogP contribution in [0.1, 0.15) is 18.9 Å². The van der Waals surface area contributed by atoms with Gasteiger partial charge in [-0.25, -0.2) is 4.98 Å². The number of nitrogens with zero attached hydrogens (tertiary/aromatic N) is 6. The van der Waals surface area contributed by atoms with Crippen molar-refractivity contribution < 1.29 is 0 Å². The second-order valence-electron chi connectivity index (χ2n) is 6.51. The van der Waals surface area contributed by atoms with Crippen molar-refractivity contribution in [2.75, 3.05) is 5.73 Å². The molecular weight excluding hydrogens is 342 g/mol. The van der Waals surface area contributed by atoms with Gasteiger partial charge in [-0.05, 0) is 12.0 Å². The lowest BCUT2D eigenvalue weighted by Crippen LogP contribution is -2.26. The highest BCUT2D eigenvalue weighted by molar-refractivity contribution is 5.77. The summed E-state index contributed by atoms with van der Waals surface area (Å²) in [6.45, 7) is 3.03. The summed E-state index contributed by atoms with van der Waals surface area (Å²) in [7, 11) is 1.85. The van der Waals surface area contributed by atoms with Gasteiger partial charge in [-0.3, -0.25) is 14.0 Å². The van der Waals surface area contributed by atoms with Crippen molar-refractivity contribution >= 4 is 17.1 Å². The predicted octanol–water partition coefficient (Wildman–Crippen LogP) is 2.03. The first-order valence-corrected chi connectivity index (χ1v) is 8.88. The number of fused-ring (bicyclic) bond motifs is 1. The molecule has 0 spiro atoms. The monoisotopic (exact) mass is 363 g/mol. The summed E-state index contributed by atoms with van der Waals surface area (Å²) in [4.78, 5) is 22.2. The third-order valence-electron chi connectivity index (χ3n) is 4.49. The second kappa shape index (κ2) is 6.71. The fourth-order valence-electron chi connectivity index (χ4n) is 3.25. The number of aromatic nitrogens is 6. The van der Waals surface area contributed by atoms with Gasteiger partial charge in [0.05, 0.1) is 11.8 Å². The van der Waals surface area contributed by atoms with Crippen molar-refractivity contribution in [1.82, 2.24) is 28.9 Å². The lowest BCUT2D eigenvalue weighted by atomic mass is 10.2. The zero-order valence-electron chi connectivity index (χ0n) is 15.3. The Hall–Kier alpha value is -3.42. The average Bonchev–Trinajstić information content (AvgIpc) is 3.23. The van der Waals surface area contributed by atoms with Gasteiger partial charge in [0.15, 0.2) is 11.2 Å². The van der Waals surface area contributed by atoms with Crippen LogP contribution in [0.25, 0.3) is 22.6 Å². The number of benzene rings is 1. The highest BCUT2D eigenvalue weighted by Crippen LogP contribution is 2.23. The van der Waals surface area contributed by atoms with Crippen LogP contribution in [0.15, 0.2) is 47.5 Å². The SMILES string of the molecule is CCCn1c(N)nc2nc(-c3cnn(C)c3)n(Cc3ccccc3)c2c1=O. The normalized spacial score (nSPS) is 11.3. The van der Waals surface area contributed by atoms with Gasteiger partial charge in [0.2, 0.25) is 5.95 Å². The molecule has 0 unspecified atom stereocenters. The van der Waals surface area contributed by atoms with Gasteiger partial charge < -0.3 is 10.3 Å². The lowest BCUT2D eigenvalue weighted by molar-refractivity contribution is 0.654. The van der Waals surface area contributed by atoms with Crippen LogP contribution in [0.5, 0.6) is 0 Å². The van der Waals surface area contributed by atoms with Crippen molar-refractivity contribution in [3.8, 4) is 11.4 Å². The van der Waals surface area contributed by atoms with Crippen molar-refractivity contribution in [1.29, 1.82) is 0 Å². The van der Waals surface area contributed by atoms with Crippen molar-refractivity contribution in [2.45, 2.75) is 26.4 Å². The van der Waals surface area contributed by atoms with E-state index in [0.717, 1.165) is 17.5 Å². The summed E-state index contributed by atoms with van der Waals surface area (Å²) in [6, 6.07) is 9.96. The number of nitrogens with two attached hydrogens (primary N) is 1. The molecule has 0 radical (unpaired) electrons. The highest BCUT2D eigenvalue weighted by Gasteiger charge is 2.20. The van der Waals surface area contributed by atoms with Gasteiger partial charge in [-0.2, -0.15) is 10.1 Å². The third-order valence-corrected chi connectivity index (χ3v) is 4.49. The van der Waals surface area contributed by atoms with Crippen LogP contribution in [0, 0.1) is 0 Å². The molecule has 0 aliphatic carbocycles. The molecule has 0 aliphatic rings. The quantitative estimate of drug-likeness (QED) is 0.585. The standard InChI is InChI=1S/C19H21N7O/c1-3-9-25-18(27)15-16(23-19(25)20)22-17(14-10-21-24(2)12-14)26(15)11-13-7-5-4-6-8-13/h4-8,10,12H,3,9,11H2,1-2H3,(H2,20,23). The number of rotatable bonds is 5. The summed E-state index contributed by atoms with van der Waals surface area (Å²) in [6.07, 6.45) is 4.40. The van der Waals surface area contributed by atoms with E-state index in [-0.39, 0.29) is 11.5 Å². The molecule has 8 heteroatoms. The second-order valence-corrected chi connectivity index (χ2v) is 6.51. The molecule has 0 saturated heterocycles. The first-order valence-electron chi connectivity index (χ1n) is 8.88. The molecule has 2 N–H and O–H groups in total. The van der Waals surface area contributed by atoms with Gasteiger partial charge in [-0.1, -0.05) is 37.3 Å². The van der Waals surface area contributed by atoms with Crippen molar-refractivity contribution in [3.63, 3.8) is 0 Å². The molecule has 3 heterocycles. The van der Waals surface area contributed by atoms with E-state index in [0.29, 0.717) is 30.1 Å². The lowest BCUT2D eigenvalue weighted by Gasteiger charge is -2.10. The minimum atomic E-state index is -0.169. The van der Waals surface area contributed by atoms with Crippen molar-refractivity contribution in [3.05, 3.63) is 58.6 Å². The molecule has 0 amide bonds. The number of aryl methyl sites for hydroxylation is 1. The Kier molecular flexibility index (Phi) is 4.23. The van der Waals surface area contributed by atoms with E-state index in [2.05, 4.69) is 15.1 Å². The molecule has 4 aromatic rings. The van der Waals surface area contributed by atoms with Crippen LogP contribution in [0.3, 0.4) is 0 Å². The van der Waals surface area contributed by atoms with E-state index in [1.807, 2.05) is 55.1 Å². The molecular formula is C19H21N7O. The first kappa shape index (κ1) is 17.0. The molecule has 0 bridgehead atoms. The molecule has 1 aromatic carbocycles. The number of nitrogen functional groups attached to an aromatic ring is 1. The summed E-state index contributed by atoms with van der Waals surface area (Å²) in [5, 5.41) is 4.23. The summed E-state index contributed by atoms with van der Waals surface area (Å²) in [5.41, 5.74) is 8.56. The Balaban J connectivity index is 2.00. The highest BCUT2D eigenvalue weighted by atomic mass is 16.1. The Bertz CT molecular complexity index is 1150. The van der Waals surface area contributed by atoms with Crippen LogP contribution in [-0.4, -0.2) is 28.9 Å². The Labute approximate surface area is 155 Å². The molecule has 138 valence electrons. The van der Waals surface area contributed by atoms with E-state index in [4.69, 9.17) is 5.73 Å². The zero-order valence-corrected chi connectivity index (χ0v) is 15.3. The Morgan fingerprint density at radius 1 is 1.11 bits per heavy atom. The fraction of sp³-hybridized carbons (Fsp3) is 0.263. The molecule has 0 saturated carbocycles. The van der Waals surface area contributed by atoms with Crippen LogP contribution < -0.4 is 11.3 Å². The van der Waals surface area contributed by atoms with Crippen molar-refractivity contribution in [2.24, 2.45) is 7.05 Å². The number of hydrogen-bond donors (Lipinski definition) is 1. The predicted molar refractivity (Wildman–Crippen MR) is 104 cm³/mol. The number of imidazole rings is 1. The van der Waals surface area contributed by atoms with Crippen LogP contribution in [0.2, 0.25) is 0 Å². The van der Waals surface area contributed by atoms with Crippen LogP contribution >= 0.6 is 0 Å². The molecule has 3 aromatic heterocycles. The molecule has 27 heavy (non-hydrogen) atoms. The maximum atomic E-state index is 13.2. The van der Waals surface area contributed by atoms with Gasteiger partial charge in [-0.15, -0.1) is 0 Å². The molecule has 8 nitrogen and oxygen atoms in total. The summed E-state index contributed by atoms with van der Waals surface area (Å²) < 4.78 is 5.12. The molecule has 4 rings (SSSR count). The average molecular weight is 363 g/mol. The minimum Gasteiger partial charge on any atom is -0.369 e. The third kappa shape index (κ3) is 2.99. The largest absolute Gasteiger partial charge is 0.369 e. The van der Waals surface area contributed by atoms with Gasteiger partial charge in [0, 0.05) is 26.3 Å². The smallest absolute Gasteiger partial charge is 0.281 e. The van der Waals surface area contributed by atoms with E-state index in [1.165, 1.54) is 4.57 Å². The summed E-state index contributed by atoms with van der Waals surface area (Å²) in [5.74, 6) is 0.844. The molecule has 0 atom stereocenters.